The molecule has 3 N–H and O–H groups in total. The topological polar surface area (TPSA) is 75.0 Å². The summed E-state index contributed by atoms with van der Waals surface area (Å²) in [6.45, 7) is 2.76. The molecule has 2 fully saturated rings. The lowest BCUT2D eigenvalue weighted by molar-refractivity contribution is 0.385. The van der Waals surface area contributed by atoms with Crippen LogP contribution < -0.4 is 16.2 Å². The fraction of sp³-hybridized carbons (Fsp3) is 0.714. The van der Waals surface area contributed by atoms with Crippen molar-refractivity contribution in [2.75, 3.05) is 24.5 Å². The zero-order chi connectivity index (χ0) is 13.2. The smallest absolute Gasteiger partial charge is 0.252 e. The van der Waals surface area contributed by atoms with Gasteiger partial charge in [0.15, 0.2) is 0 Å². The van der Waals surface area contributed by atoms with Gasteiger partial charge in [0.2, 0.25) is 0 Å². The highest BCUT2D eigenvalue weighted by molar-refractivity contribution is 5.38. The average molecular weight is 262 g/mol. The Hall–Kier alpha value is -1.36. The van der Waals surface area contributed by atoms with Gasteiger partial charge in [0, 0.05) is 25.1 Å². The molecule has 5 heteroatoms. The first-order valence-electron chi connectivity index (χ1n) is 7.32. The van der Waals surface area contributed by atoms with Gasteiger partial charge in [-0.25, -0.2) is 4.98 Å². The highest BCUT2D eigenvalue weighted by Crippen LogP contribution is 2.38. The van der Waals surface area contributed by atoms with Crippen LogP contribution in [0.3, 0.4) is 0 Å². The van der Waals surface area contributed by atoms with Gasteiger partial charge in [-0.1, -0.05) is 0 Å². The van der Waals surface area contributed by atoms with Crippen LogP contribution >= 0.6 is 0 Å². The van der Waals surface area contributed by atoms with Gasteiger partial charge in [-0.3, -0.25) is 4.79 Å². The van der Waals surface area contributed by atoms with Gasteiger partial charge in [-0.05, 0) is 44.6 Å². The Bertz CT molecular complexity index is 486. The van der Waals surface area contributed by atoms with Crippen molar-refractivity contribution in [3.05, 3.63) is 22.2 Å². The van der Waals surface area contributed by atoms with Gasteiger partial charge >= 0.3 is 0 Å². The number of rotatable bonds is 4. The molecule has 1 aromatic rings. The summed E-state index contributed by atoms with van der Waals surface area (Å²) >= 11 is 0. The molecule has 1 saturated heterocycles. The Labute approximate surface area is 113 Å². The van der Waals surface area contributed by atoms with Crippen molar-refractivity contribution in [1.29, 1.82) is 0 Å². The third-order valence-electron chi connectivity index (χ3n) is 4.22. The summed E-state index contributed by atoms with van der Waals surface area (Å²) < 4.78 is 0. The van der Waals surface area contributed by atoms with Gasteiger partial charge in [0.25, 0.3) is 5.56 Å². The van der Waals surface area contributed by atoms with Crippen LogP contribution in [0.2, 0.25) is 0 Å². The maximum absolute atomic E-state index is 11.7. The maximum atomic E-state index is 11.7. The van der Waals surface area contributed by atoms with E-state index < -0.39 is 0 Å². The summed E-state index contributed by atoms with van der Waals surface area (Å²) in [5.41, 5.74) is 5.60. The van der Waals surface area contributed by atoms with E-state index in [1.165, 1.54) is 0 Å². The van der Waals surface area contributed by atoms with E-state index in [-0.39, 0.29) is 5.56 Å². The first kappa shape index (κ1) is 12.7. The van der Waals surface area contributed by atoms with Crippen LogP contribution in [-0.2, 0) is 0 Å². The Kier molecular flexibility index (Phi) is 3.55. The summed E-state index contributed by atoms with van der Waals surface area (Å²) in [5.74, 6) is 2.97. The minimum Gasteiger partial charge on any atom is -0.356 e. The standard InChI is InChI=1S/C14H22N4O/c15-6-3-10-4-7-18(8-5-10)12-9-13(19)17-14(16-12)11-1-2-11/h9-11H,1-8,15H2,(H,16,17,19). The molecule has 0 amide bonds. The molecule has 5 nitrogen and oxygen atoms in total. The van der Waals surface area contributed by atoms with Crippen molar-refractivity contribution < 1.29 is 0 Å². The molecule has 0 aromatic carbocycles. The minimum absolute atomic E-state index is 0.0176. The van der Waals surface area contributed by atoms with E-state index in [1.54, 1.807) is 6.07 Å². The number of H-pyrrole nitrogens is 1. The van der Waals surface area contributed by atoms with E-state index in [4.69, 9.17) is 5.73 Å². The van der Waals surface area contributed by atoms with E-state index in [0.29, 0.717) is 5.92 Å². The molecule has 0 unspecified atom stereocenters. The molecular weight excluding hydrogens is 240 g/mol. The molecule has 0 atom stereocenters. The highest BCUT2D eigenvalue weighted by Gasteiger charge is 2.27. The van der Waals surface area contributed by atoms with Gasteiger partial charge < -0.3 is 15.6 Å². The molecule has 2 aliphatic rings. The molecule has 1 aliphatic carbocycles. The van der Waals surface area contributed by atoms with Crippen molar-refractivity contribution in [2.24, 2.45) is 11.7 Å². The number of nitrogens with zero attached hydrogens (tertiary/aromatic N) is 2. The first-order valence-corrected chi connectivity index (χ1v) is 7.32. The molecular formula is C14H22N4O. The zero-order valence-electron chi connectivity index (χ0n) is 11.3. The van der Waals surface area contributed by atoms with Crippen LogP contribution in [0.1, 0.15) is 43.8 Å². The fourth-order valence-corrected chi connectivity index (χ4v) is 2.86. The number of nitrogens with two attached hydrogens (primary N) is 1. The van der Waals surface area contributed by atoms with Crippen molar-refractivity contribution >= 4 is 5.82 Å². The number of nitrogens with one attached hydrogen (secondary N) is 1. The van der Waals surface area contributed by atoms with E-state index in [0.717, 1.165) is 69.3 Å². The predicted molar refractivity (Wildman–Crippen MR) is 75.4 cm³/mol. The van der Waals surface area contributed by atoms with Crippen molar-refractivity contribution in [3.8, 4) is 0 Å². The highest BCUT2D eigenvalue weighted by atomic mass is 16.1. The third-order valence-corrected chi connectivity index (χ3v) is 4.22. The van der Waals surface area contributed by atoms with Gasteiger partial charge in [-0.2, -0.15) is 0 Å². The minimum atomic E-state index is -0.0176. The summed E-state index contributed by atoms with van der Waals surface area (Å²) in [4.78, 5) is 21.5. The van der Waals surface area contributed by atoms with Crippen LogP contribution in [-0.4, -0.2) is 29.6 Å². The van der Waals surface area contributed by atoms with E-state index >= 15 is 0 Å². The van der Waals surface area contributed by atoms with Gasteiger partial charge in [-0.15, -0.1) is 0 Å². The van der Waals surface area contributed by atoms with E-state index in [1.807, 2.05) is 0 Å². The van der Waals surface area contributed by atoms with E-state index in [2.05, 4.69) is 14.9 Å². The number of anilines is 1. The second-order valence-corrected chi connectivity index (χ2v) is 5.77. The molecule has 1 saturated carbocycles. The molecule has 2 heterocycles. The van der Waals surface area contributed by atoms with Crippen LogP contribution in [0.4, 0.5) is 5.82 Å². The van der Waals surface area contributed by atoms with E-state index in [9.17, 15) is 4.79 Å². The summed E-state index contributed by atoms with van der Waals surface area (Å²) in [7, 11) is 0. The molecule has 1 aliphatic heterocycles. The number of hydrogen-bond acceptors (Lipinski definition) is 4. The predicted octanol–water partition coefficient (Wildman–Crippen LogP) is 1.21. The first-order chi connectivity index (χ1) is 9.26. The average Bonchev–Trinajstić information content (AvgIpc) is 3.23. The largest absolute Gasteiger partial charge is 0.356 e. The Morgan fingerprint density at radius 3 is 2.68 bits per heavy atom. The Balaban J connectivity index is 1.70. The SMILES string of the molecule is NCCC1CCN(c2cc(=O)[nH]c(C3CC3)n2)CC1. The van der Waals surface area contributed by atoms with Crippen molar-refractivity contribution in [3.63, 3.8) is 0 Å². The van der Waals surface area contributed by atoms with Crippen LogP contribution in [0.25, 0.3) is 0 Å². The van der Waals surface area contributed by atoms with Crippen LogP contribution in [0.5, 0.6) is 0 Å². The van der Waals surface area contributed by atoms with Crippen molar-refractivity contribution in [1.82, 2.24) is 9.97 Å². The zero-order valence-corrected chi connectivity index (χ0v) is 11.3. The number of hydrogen-bond donors (Lipinski definition) is 2. The van der Waals surface area contributed by atoms with Gasteiger partial charge in [0.1, 0.15) is 11.6 Å². The lowest BCUT2D eigenvalue weighted by Gasteiger charge is -2.32. The number of aromatic amines is 1. The van der Waals surface area contributed by atoms with Crippen molar-refractivity contribution in [2.45, 2.75) is 38.0 Å². The summed E-state index contributed by atoms with van der Waals surface area (Å²) in [6.07, 6.45) is 5.74. The molecule has 104 valence electrons. The molecule has 0 bridgehead atoms. The quantitative estimate of drug-likeness (QED) is 0.855. The van der Waals surface area contributed by atoms with Crippen LogP contribution in [0.15, 0.2) is 10.9 Å². The van der Waals surface area contributed by atoms with Gasteiger partial charge in [0.05, 0.1) is 0 Å². The monoisotopic (exact) mass is 262 g/mol. The summed E-state index contributed by atoms with van der Waals surface area (Å²) in [5, 5.41) is 0. The fourth-order valence-electron chi connectivity index (χ4n) is 2.86. The number of aromatic nitrogens is 2. The molecule has 1 aromatic heterocycles. The molecule has 0 spiro atoms. The molecule has 3 rings (SSSR count). The lowest BCUT2D eigenvalue weighted by atomic mass is 9.94. The molecule has 0 radical (unpaired) electrons. The lowest BCUT2D eigenvalue weighted by Crippen LogP contribution is -2.35. The van der Waals surface area contributed by atoms with Crippen LogP contribution in [0, 0.1) is 5.92 Å². The second kappa shape index (κ2) is 5.33. The Morgan fingerprint density at radius 1 is 1.32 bits per heavy atom. The maximum Gasteiger partial charge on any atom is 0.252 e. The second-order valence-electron chi connectivity index (χ2n) is 5.77. The normalized spacial score (nSPS) is 20.8. The molecule has 19 heavy (non-hydrogen) atoms. The third kappa shape index (κ3) is 2.97. The number of piperidine rings is 1. The summed E-state index contributed by atoms with van der Waals surface area (Å²) in [6, 6.07) is 1.63. The Morgan fingerprint density at radius 2 is 2.05 bits per heavy atom.